The summed E-state index contributed by atoms with van der Waals surface area (Å²) in [5.74, 6) is -1.53. The van der Waals surface area contributed by atoms with Crippen molar-refractivity contribution in [1.29, 1.82) is 0 Å². The van der Waals surface area contributed by atoms with Crippen molar-refractivity contribution in [1.82, 2.24) is 10.4 Å². The Labute approximate surface area is 139 Å². The van der Waals surface area contributed by atoms with Gasteiger partial charge in [-0.3, -0.25) is 19.8 Å². The van der Waals surface area contributed by atoms with Gasteiger partial charge in [-0.15, -0.1) is 0 Å². The Bertz CT molecular complexity index is 822. The van der Waals surface area contributed by atoms with Crippen LogP contribution in [0.3, 0.4) is 0 Å². The predicted octanol–water partition coefficient (Wildman–Crippen LogP) is 2.75. The van der Waals surface area contributed by atoms with E-state index in [0.717, 1.165) is 17.9 Å². The van der Waals surface area contributed by atoms with Crippen LogP contribution < -0.4 is 5.43 Å². The van der Waals surface area contributed by atoms with Crippen molar-refractivity contribution in [2.45, 2.75) is 32.6 Å². The second-order valence-electron chi connectivity index (χ2n) is 5.80. The van der Waals surface area contributed by atoms with Gasteiger partial charge in [0.15, 0.2) is 0 Å². The molecule has 0 saturated heterocycles. The Hall–Kier alpha value is -2.89. The molecule has 2 aromatic carbocycles. The molecule has 2 aromatic rings. The zero-order chi connectivity index (χ0) is 17.3. The second-order valence-corrected chi connectivity index (χ2v) is 5.80. The van der Waals surface area contributed by atoms with Gasteiger partial charge in [0.1, 0.15) is 5.75 Å². The summed E-state index contributed by atoms with van der Waals surface area (Å²) in [5.41, 5.74) is 2.98. The summed E-state index contributed by atoms with van der Waals surface area (Å²) >= 11 is 0. The van der Waals surface area contributed by atoms with Gasteiger partial charge in [-0.1, -0.05) is 31.9 Å². The lowest BCUT2D eigenvalue weighted by Crippen LogP contribution is -2.51. The van der Waals surface area contributed by atoms with E-state index >= 15 is 0 Å². The van der Waals surface area contributed by atoms with Crippen LogP contribution in [-0.4, -0.2) is 27.8 Å². The van der Waals surface area contributed by atoms with Gasteiger partial charge >= 0.3 is 0 Å². The average molecular weight is 326 g/mol. The number of carbonyl (C=O) groups is 3. The molecule has 3 amide bonds. The highest BCUT2D eigenvalue weighted by atomic mass is 16.3. The number of benzene rings is 2. The summed E-state index contributed by atoms with van der Waals surface area (Å²) in [6.45, 7) is 2.03. The number of nitrogens with one attached hydrogen (secondary N) is 1. The zero-order valence-corrected chi connectivity index (χ0v) is 13.3. The summed E-state index contributed by atoms with van der Waals surface area (Å²) in [5, 5.41) is 11.6. The fourth-order valence-corrected chi connectivity index (χ4v) is 2.90. The summed E-state index contributed by atoms with van der Waals surface area (Å²) in [4.78, 5) is 37.2. The number of aromatic hydroxyl groups is 1. The van der Waals surface area contributed by atoms with Crippen molar-refractivity contribution in [3.05, 3.63) is 41.5 Å². The lowest BCUT2D eigenvalue weighted by molar-refractivity contribution is -0.124. The number of rotatable bonds is 5. The number of phenols is 1. The standard InChI is InChI=1S/C18H18N2O4/c1-2-3-4-8-15(22)19-20-17(23)12-7-5-6-11-14(21)10-9-13(16(11)12)18(20)24/h5-7,9-10,21H,2-4,8H2,1H3,(H,19,22). The van der Waals surface area contributed by atoms with E-state index in [2.05, 4.69) is 5.43 Å². The van der Waals surface area contributed by atoms with Crippen LogP contribution in [-0.2, 0) is 4.79 Å². The van der Waals surface area contributed by atoms with E-state index in [-0.39, 0.29) is 29.2 Å². The molecule has 124 valence electrons. The Morgan fingerprint density at radius 3 is 2.50 bits per heavy atom. The first-order valence-corrected chi connectivity index (χ1v) is 7.97. The third-order valence-electron chi connectivity index (χ3n) is 4.13. The SMILES string of the molecule is CCCCCC(=O)NN1C(=O)c2cccc3c(O)ccc(c23)C1=O. The number of hydrazine groups is 1. The smallest absolute Gasteiger partial charge is 0.280 e. The van der Waals surface area contributed by atoms with Crippen LogP contribution in [0.25, 0.3) is 10.8 Å². The van der Waals surface area contributed by atoms with Crippen molar-refractivity contribution in [2.24, 2.45) is 0 Å². The molecule has 2 N–H and O–H groups in total. The summed E-state index contributed by atoms with van der Waals surface area (Å²) in [6, 6.07) is 7.74. The van der Waals surface area contributed by atoms with Crippen molar-refractivity contribution in [2.75, 3.05) is 0 Å². The number of hydrogen-bond acceptors (Lipinski definition) is 4. The molecule has 1 aliphatic heterocycles. The molecule has 0 saturated carbocycles. The molecule has 1 heterocycles. The van der Waals surface area contributed by atoms with E-state index < -0.39 is 11.8 Å². The summed E-state index contributed by atoms with van der Waals surface area (Å²) < 4.78 is 0. The third kappa shape index (κ3) is 2.60. The van der Waals surface area contributed by atoms with Gasteiger partial charge in [-0.2, -0.15) is 5.01 Å². The lowest BCUT2D eigenvalue weighted by Gasteiger charge is -2.27. The average Bonchev–Trinajstić information content (AvgIpc) is 2.58. The Morgan fingerprint density at radius 1 is 1.08 bits per heavy atom. The topological polar surface area (TPSA) is 86.7 Å². The van der Waals surface area contributed by atoms with Crippen molar-refractivity contribution >= 4 is 28.5 Å². The molecule has 6 nitrogen and oxygen atoms in total. The van der Waals surface area contributed by atoms with Crippen LogP contribution >= 0.6 is 0 Å². The Morgan fingerprint density at radius 2 is 1.79 bits per heavy atom. The molecule has 0 fully saturated rings. The summed E-state index contributed by atoms with van der Waals surface area (Å²) in [6.07, 6.45) is 2.86. The highest BCUT2D eigenvalue weighted by Crippen LogP contribution is 2.34. The fraction of sp³-hybridized carbons (Fsp3) is 0.278. The molecular weight excluding hydrogens is 308 g/mol. The fourth-order valence-electron chi connectivity index (χ4n) is 2.90. The molecular formula is C18H18N2O4. The van der Waals surface area contributed by atoms with Crippen molar-refractivity contribution < 1.29 is 19.5 Å². The van der Waals surface area contributed by atoms with E-state index in [4.69, 9.17) is 0 Å². The molecule has 0 spiro atoms. The summed E-state index contributed by atoms with van der Waals surface area (Å²) in [7, 11) is 0. The maximum atomic E-state index is 12.6. The van der Waals surface area contributed by atoms with Crippen LogP contribution in [0.1, 0.15) is 53.3 Å². The second kappa shape index (κ2) is 6.31. The zero-order valence-electron chi connectivity index (χ0n) is 13.3. The molecule has 0 radical (unpaired) electrons. The monoisotopic (exact) mass is 326 g/mol. The minimum Gasteiger partial charge on any atom is -0.507 e. The molecule has 0 atom stereocenters. The normalized spacial score (nSPS) is 13.5. The molecule has 0 aromatic heterocycles. The van der Waals surface area contributed by atoms with Crippen LogP contribution in [0.4, 0.5) is 0 Å². The first-order valence-electron chi connectivity index (χ1n) is 7.97. The number of imide groups is 1. The Balaban J connectivity index is 1.94. The minimum absolute atomic E-state index is 0.00764. The minimum atomic E-state index is -0.590. The van der Waals surface area contributed by atoms with E-state index in [9.17, 15) is 19.5 Å². The molecule has 0 unspecified atom stereocenters. The first-order chi connectivity index (χ1) is 11.5. The maximum Gasteiger partial charge on any atom is 0.280 e. The Kier molecular flexibility index (Phi) is 4.20. The van der Waals surface area contributed by atoms with E-state index in [1.54, 1.807) is 18.2 Å². The van der Waals surface area contributed by atoms with E-state index in [1.807, 2.05) is 6.92 Å². The number of nitrogens with zero attached hydrogens (tertiary/aromatic N) is 1. The van der Waals surface area contributed by atoms with Crippen LogP contribution in [0.2, 0.25) is 0 Å². The number of hydrogen-bond donors (Lipinski definition) is 2. The maximum absolute atomic E-state index is 12.6. The van der Waals surface area contributed by atoms with Crippen LogP contribution in [0.5, 0.6) is 5.75 Å². The van der Waals surface area contributed by atoms with Crippen LogP contribution in [0, 0.1) is 0 Å². The van der Waals surface area contributed by atoms with Gasteiger partial charge in [0, 0.05) is 17.2 Å². The lowest BCUT2D eigenvalue weighted by atomic mass is 9.94. The quantitative estimate of drug-likeness (QED) is 0.653. The number of amides is 3. The highest BCUT2D eigenvalue weighted by Gasteiger charge is 2.34. The highest BCUT2D eigenvalue weighted by molar-refractivity contribution is 6.26. The van der Waals surface area contributed by atoms with Gasteiger partial charge in [0.25, 0.3) is 11.8 Å². The molecule has 0 aliphatic carbocycles. The van der Waals surface area contributed by atoms with Gasteiger partial charge in [0.2, 0.25) is 5.91 Å². The van der Waals surface area contributed by atoms with Crippen molar-refractivity contribution in [3.8, 4) is 5.75 Å². The van der Waals surface area contributed by atoms with Gasteiger partial charge < -0.3 is 5.11 Å². The molecule has 3 rings (SSSR count). The number of unbranched alkanes of at least 4 members (excludes halogenated alkanes) is 2. The molecule has 1 aliphatic rings. The van der Waals surface area contributed by atoms with E-state index in [1.165, 1.54) is 12.1 Å². The largest absolute Gasteiger partial charge is 0.507 e. The van der Waals surface area contributed by atoms with Gasteiger partial charge in [-0.05, 0) is 24.6 Å². The molecule has 24 heavy (non-hydrogen) atoms. The third-order valence-corrected chi connectivity index (χ3v) is 4.13. The first kappa shape index (κ1) is 16.0. The van der Waals surface area contributed by atoms with Gasteiger partial charge in [0.05, 0.1) is 11.1 Å². The van der Waals surface area contributed by atoms with Crippen LogP contribution in [0.15, 0.2) is 30.3 Å². The van der Waals surface area contributed by atoms with Crippen molar-refractivity contribution in [3.63, 3.8) is 0 Å². The number of carbonyl (C=O) groups excluding carboxylic acids is 3. The molecule has 0 bridgehead atoms. The predicted molar refractivity (Wildman–Crippen MR) is 88.4 cm³/mol. The number of phenolic OH excluding ortho intramolecular Hbond substituents is 1. The van der Waals surface area contributed by atoms with E-state index in [0.29, 0.717) is 17.2 Å². The van der Waals surface area contributed by atoms with Gasteiger partial charge in [-0.25, -0.2) is 0 Å². The molecule has 6 heteroatoms.